The number of halogens is 2. The largest absolute Gasteiger partial charge is 0.373 e. The number of hydrogen-bond acceptors (Lipinski definition) is 4. The highest BCUT2D eigenvalue weighted by Gasteiger charge is 2.28. The standard InChI is InChI=1S/C8H7F2N3O3/c1-3-2-4(7(11)14)12-8(13(15)16)5(3)6(9)10/h2,6H,1H3,(H2,11,14). The number of nitrogens with zero attached hydrogens (tertiary/aromatic N) is 2. The van der Waals surface area contributed by atoms with Crippen LogP contribution < -0.4 is 5.73 Å². The molecule has 86 valence electrons. The first-order chi connectivity index (χ1) is 7.34. The van der Waals surface area contributed by atoms with Gasteiger partial charge in [-0.15, -0.1) is 0 Å². The summed E-state index contributed by atoms with van der Waals surface area (Å²) in [4.78, 5) is 23.4. The van der Waals surface area contributed by atoms with Crippen molar-refractivity contribution in [3.05, 3.63) is 33.0 Å². The van der Waals surface area contributed by atoms with Crippen molar-refractivity contribution in [2.75, 3.05) is 0 Å². The van der Waals surface area contributed by atoms with Gasteiger partial charge in [0.1, 0.15) is 5.56 Å². The second-order valence-corrected chi connectivity index (χ2v) is 2.98. The summed E-state index contributed by atoms with van der Waals surface area (Å²) < 4.78 is 25.0. The van der Waals surface area contributed by atoms with Gasteiger partial charge in [0.25, 0.3) is 12.3 Å². The van der Waals surface area contributed by atoms with Crippen molar-refractivity contribution in [3.8, 4) is 0 Å². The maximum absolute atomic E-state index is 12.5. The van der Waals surface area contributed by atoms with Crippen LogP contribution in [0.4, 0.5) is 14.6 Å². The fourth-order valence-corrected chi connectivity index (χ4v) is 1.20. The maximum Gasteiger partial charge on any atom is 0.373 e. The number of carbonyl (C=O) groups excluding carboxylic acids is 1. The lowest BCUT2D eigenvalue weighted by atomic mass is 10.1. The summed E-state index contributed by atoms with van der Waals surface area (Å²) in [7, 11) is 0. The zero-order valence-corrected chi connectivity index (χ0v) is 8.11. The molecule has 0 radical (unpaired) electrons. The first-order valence-corrected chi connectivity index (χ1v) is 4.08. The van der Waals surface area contributed by atoms with Gasteiger partial charge in [-0.3, -0.25) is 4.79 Å². The van der Waals surface area contributed by atoms with E-state index in [9.17, 15) is 23.7 Å². The number of primary amides is 1. The third kappa shape index (κ3) is 2.10. The van der Waals surface area contributed by atoms with Crippen LogP contribution in [0.2, 0.25) is 0 Å². The molecular weight excluding hydrogens is 224 g/mol. The van der Waals surface area contributed by atoms with Crippen LogP contribution in [0, 0.1) is 17.0 Å². The Morgan fingerprint density at radius 2 is 2.19 bits per heavy atom. The van der Waals surface area contributed by atoms with Crippen molar-refractivity contribution in [2.24, 2.45) is 5.73 Å². The van der Waals surface area contributed by atoms with Gasteiger partial charge in [-0.05, 0) is 28.5 Å². The van der Waals surface area contributed by atoms with Crippen LogP contribution in [-0.2, 0) is 0 Å². The molecule has 1 heterocycles. The van der Waals surface area contributed by atoms with Crippen molar-refractivity contribution in [2.45, 2.75) is 13.3 Å². The van der Waals surface area contributed by atoms with E-state index in [-0.39, 0.29) is 5.56 Å². The van der Waals surface area contributed by atoms with Crippen LogP contribution in [0.15, 0.2) is 6.07 Å². The van der Waals surface area contributed by atoms with E-state index in [1.54, 1.807) is 0 Å². The zero-order valence-electron chi connectivity index (χ0n) is 8.11. The lowest BCUT2D eigenvalue weighted by molar-refractivity contribution is -0.391. The van der Waals surface area contributed by atoms with Crippen LogP contribution in [0.1, 0.15) is 28.0 Å². The molecule has 1 aromatic heterocycles. The number of carbonyl (C=O) groups is 1. The van der Waals surface area contributed by atoms with Gasteiger partial charge < -0.3 is 15.8 Å². The van der Waals surface area contributed by atoms with Gasteiger partial charge in [-0.25, -0.2) is 8.78 Å². The minimum atomic E-state index is -3.03. The minimum absolute atomic E-state index is 0.0921. The summed E-state index contributed by atoms with van der Waals surface area (Å²) in [5.41, 5.74) is 3.57. The van der Waals surface area contributed by atoms with E-state index in [0.717, 1.165) is 6.07 Å². The average molecular weight is 231 g/mol. The molecule has 0 saturated carbocycles. The van der Waals surface area contributed by atoms with Gasteiger partial charge in [0.05, 0.1) is 0 Å². The first-order valence-electron chi connectivity index (χ1n) is 4.08. The van der Waals surface area contributed by atoms with Crippen LogP contribution in [0.5, 0.6) is 0 Å². The molecule has 16 heavy (non-hydrogen) atoms. The monoisotopic (exact) mass is 231 g/mol. The lowest BCUT2D eigenvalue weighted by Gasteiger charge is -2.05. The number of nitrogens with two attached hydrogens (primary N) is 1. The molecule has 6 nitrogen and oxygen atoms in total. The van der Waals surface area contributed by atoms with Crippen LogP contribution >= 0.6 is 0 Å². The maximum atomic E-state index is 12.5. The minimum Gasteiger partial charge on any atom is -0.362 e. The normalized spacial score (nSPS) is 10.5. The smallest absolute Gasteiger partial charge is 0.362 e. The van der Waals surface area contributed by atoms with Crippen LogP contribution in [0.25, 0.3) is 0 Å². The third-order valence-corrected chi connectivity index (χ3v) is 1.89. The van der Waals surface area contributed by atoms with Gasteiger partial charge >= 0.3 is 5.82 Å². The molecule has 0 spiro atoms. The van der Waals surface area contributed by atoms with Crippen LogP contribution in [0.3, 0.4) is 0 Å². The number of aromatic nitrogens is 1. The number of aryl methyl sites for hydroxylation is 1. The number of amides is 1. The highest BCUT2D eigenvalue weighted by molar-refractivity contribution is 5.91. The third-order valence-electron chi connectivity index (χ3n) is 1.89. The Labute approximate surface area is 88.2 Å². The molecule has 0 fully saturated rings. The molecule has 8 heteroatoms. The summed E-state index contributed by atoms with van der Waals surface area (Å²) in [6.45, 7) is 1.22. The van der Waals surface area contributed by atoms with Crippen molar-refractivity contribution in [3.63, 3.8) is 0 Å². The average Bonchev–Trinajstić information content (AvgIpc) is 2.15. The van der Waals surface area contributed by atoms with Gasteiger partial charge in [-0.2, -0.15) is 0 Å². The van der Waals surface area contributed by atoms with Crippen molar-refractivity contribution in [1.29, 1.82) is 0 Å². The number of hydrogen-bond donors (Lipinski definition) is 1. The van der Waals surface area contributed by atoms with E-state index >= 15 is 0 Å². The Hall–Kier alpha value is -2.12. The highest BCUT2D eigenvalue weighted by Crippen LogP contribution is 2.30. The van der Waals surface area contributed by atoms with E-state index in [4.69, 9.17) is 5.73 Å². The Balaban J connectivity index is 3.52. The summed E-state index contributed by atoms with van der Waals surface area (Å²) >= 11 is 0. The van der Waals surface area contributed by atoms with Crippen molar-refractivity contribution in [1.82, 2.24) is 4.98 Å². The fourth-order valence-electron chi connectivity index (χ4n) is 1.20. The van der Waals surface area contributed by atoms with Gasteiger partial charge in [0, 0.05) is 0 Å². The van der Waals surface area contributed by atoms with E-state index in [1.165, 1.54) is 6.92 Å². The second kappa shape index (κ2) is 4.17. The van der Waals surface area contributed by atoms with E-state index in [2.05, 4.69) is 4.98 Å². The Morgan fingerprint density at radius 1 is 1.62 bits per heavy atom. The Kier molecular flexibility index (Phi) is 3.11. The molecule has 0 aliphatic heterocycles. The SMILES string of the molecule is Cc1cc(C(N)=O)nc([N+](=O)[O-])c1C(F)F. The molecule has 0 saturated heterocycles. The molecule has 0 bridgehead atoms. The summed E-state index contributed by atoms with van der Waals surface area (Å²) in [6, 6.07) is 0.997. The highest BCUT2D eigenvalue weighted by atomic mass is 19.3. The molecule has 1 amide bonds. The molecule has 1 aromatic rings. The number of pyridine rings is 1. The number of nitro groups is 1. The summed E-state index contributed by atoms with van der Waals surface area (Å²) in [5.74, 6) is -2.05. The topological polar surface area (TPSA) is 99.1 Å². The van der Waals surface area contributed by atoms with Gasteiger partial charge in [0.15, 0.2) is 0 Å². The number of alkyl halides is 2. The van der Waals surface area contributed by atoms with Gasteiger partial charge in [0.2, 0.25) is 5.69 Å². The van der Waals surface area contributed by atoms with E-state index in [1.807, 2.05) is 0 Å². The molecule has 0 aromatic carbocycles. The van der Waals surface area contributed by atoms with E-state index in [0.29, 0.717) is 0 Å². The quantitative estimate of drug-likeness (QED) is 0.626. The van der Waals surface area contributed by atoms with E-state index < -0.39 is 34.3 Å². The molecule has 2 N–H and O–H groups in total. The molecule has 0 aliphatic rings. The molecule has 0 aliphatic carbocycles. The van der Waals surface area contributed by atoms with Crippen LogP contribution in [-0.4, -0.2) is 15.8 Å². The summed E-state index contributed by atoms with van der Waals surface area (Å²) in [6.07, 6.45) is -3.03. The first kappa shape index (κ1) is 12.0. The summed E-state index contributed by atoms with van der Waals surface area (Å²) in [5, 5.41) is 10.5. The van der Waals surface area contributed by atoms with Crippen molar-refractivity contribution < 1.29 is 18.5 Å². The molecule has 0 atom stereocenters. The molecular formula is C8H7F2N3O3. The predicted octanol–water partition coefficient (Wildman–Crippen LogP) is 1.33. The zero-order chi connectivity index (χ0) is 12.5. The Morgan fingerprint density at radius 3 is 2.56 bits per heavy atom. The lowest BCUT2D eigenvalue weighted by Crippen LogP contribution is -2.15. The second-order valence-electron chi connectivity index (χ2n) is 2.98. The van der Waals surface area contributed by atoms with Gasteiger partial charge in [-0.1, -0.05) is 0 Å². The predicted molar refractivity (Wildman–Crippen MR) is 49.1 cm³/mol. The molecule has 0 unspecified atom stereocenters. The Bertz CT molecular complexity index is 462. The van der Waals surface area contributed by atoms with Crippen molar-refractivity contribution >= 4 is 11.7 Å². The number of rotatable bonds is 3. The molecule has 1 rings (SSSR count). The fraction of sp³-hybridized carbons (Fsp3) is 0.250.